The summed E-state index contributed by atoms with van der Waals surface area (Å²) in [4.78, 5) is 23.9. The van der Waals surface area contributed by atoms with Crippen molar-refractivity contribution in [1.29, 1.82) is 0 Å². The van der Waals surface area contributed by atoms with E-state index in [1.165, 1.54) is 11.3 Å². The van der Waals surface area contributed by atoms with E-state index in [2.05, 4.69) is 9.88 Å². The summed E-state index contributed by atoms with van der Waals surface area (Å²) in [6.45, 7) is 5.15. The Labute approximate surface area is 236 Å². The Kier molecular flexibility index (Phi) is 7.49. The Balaban J connectivity index is 1.25. The van der Waals surface area contributed by atoms with Crippen LogP contribution in [0.25, 0.3) is 21.6 Å². The first-order valence-corrected chi connectivity index (χ1v) is 16.6. The monoisotopic (exact) mass is 584 g/mol. The second-order valence-corrected chi connectivity index (χ2v) is 14.4. The number of rotatable bonds is 10. The van der Waals surface area contributed by atoms with Gasteiger partial charge in [-0.3, -0.25) is 14.0 Å². The number of hydrogen-bond donors (Lipinski definition) is 1. The summed E-state index contributed by atoms with van der Waals surface area (Å²) in [5, 5.41) is 3.62. The molecule has 6 rings (SSSR count). The lowest BCUT2D eigenvalue weighted by atomic mass is 9.98. The summed E-state index contributed by atoms with van der Waals surface area (Å²) < 4.78 is 34.5. The molecule has 1 N–H and O–H groups in total. The van der Waals surface area contributed by atoms with E-state index >= 15 is 0 Å². The fourth-order valence-electron chi connectivity index (χ4n) is 5.22. The largest absolute Gasteiger partial charge is 0.466 e. The topological polar surface area (TPSA) is 95.6 Å². The number of nitrogens with zero attached hydrogens (tertiary/aromatic N) is 3. The van der Waals surface area contributed by atoms with Crippen molar-refractivity contribution in [2.75, 3.05) is 30.5 Å². The Morgan fingerprint density at radius 2 is 2.10 bits per heavy atom. The van der Waals surface area contributed by atoms with Crippen LogP contribution in [-0.4, -0.2) is 55.5 Å². The van der Waals surface area contributed by atoms with Crippen LogP contribution >= 0.6 is 22.7 Å². The highest BCUT2D eigenvalue weighted by molar-refractivity contribution is 7.94. The molecule has 0 radical (unpaired) electrons. The van der Waals surface area contributed by atoms with Gasteiger partial charge in [-0.15, -0.1) is 22.7 Å². The van der Waals surface area contributed by atoms with Crippen LogP contribution in [0.5, 0.6) is 0 Å². The van der Waals surface area contributed by atoms with Crippen molar-refractivity contribution < 1.29 is 17.9 Å². The number of aromatic nitrogens is 2. The van der Waals surface area contributed by atoms with E-state index in [4.69, 9.17) is 9.72 Å². The van der Waals surface area contributed by atoms with Gasteiger partial charge in [-0.05, 0) is 68.6 Å². The van der Waals surface area contributed by atoms with Crippen molar-refractivity contribution in [2.24, 2.45) is 11.8 Å². The van der Waals surface area contributed by atoms with Crippen LogP contribution in [-0.2, 0) is 26.1 Å². The van der Waals surface area contributed by atoms with E-state index in [-0.39, 0.29) is 11.9 Å². The van der Waals surface area contributed by atoms with Gasteiger partial charge in [-0.25, -0.2) is 13.4 Å². The van der Waals surface area contributed by atoms with E-state index in [1.807, 2.05) is 37.4 Å². The van der Waals surface area contributed by atoms with Crippen LogP contribution in [0.3, 0.4) is 0 Å². The molecule has 1 saturated carbocycles. The van der Waals surface area contributed by atoms with Gasteiger partial charge in [-0.1, -0.05) is 18.2 Å². The van der Waals surface area contributed by atoms with Gasteiger partial charge >= 0.3 is 5.97 Å². The minimum atomic E-state index is -3.66. The number of H-pyrrole nitrogens is 1. The molecule has 0 bridgehead atoms. The van der Waals surface area contributed by atoms with Gasteiger partial charge < -0.3 is 9.72 Å². The van der Waals surface area contributed by atoms with Crippen LogP contribution in [0.1, 0.15) is 37.5 Å². The molecule has 1 saturated heterocycles. The number of aromatic amines is 1. The number of benzene rings is 1. The molecular weight excluding hydrogens is 553 g/mol. The van der Waals surface area contributed by atoms with Gasteiger partial charge in [0.1, 0.15) is 9.22 Å². The molecule has 1 atom stereocenters. The Morgan fingerprint density at radius 3 is 2.87 bits per heavy atom. The smallest absolute Gasteiger partial charge is 0.310 e. The fraction of sp³-hybridized carbons (Fsp3) is 0.429. The number of carbonyl (C=O) groups excluding carboxylic acids is 1. The number of carbonyl (C=O) groups is 1. The van der Waals surface area contributed by atoms with Gasteiger partial charge in [0.25, 0.3) is 10.0 Å². The summed E-state index contributed by atoms with van der Waals surface area (Å²) in [6.07, 6.45) is 5.87. The zero-order chi connectivity index (χ0) is 27.0. The maximum Gasteiger partial charge on any atom is 0.310 e. The average molecular weight is 585 g/mol. The molecule has 1 aliphatic heterocycles. The van der Waals surface area contributed by atoms with Crippen LogP contribution < -0.4 is 4.31 Å². The van der Waals surface area contributed by atoms with Crippen molar-refractivity contribution >= 4 is 55.3 Å². The van der Waals surface area contributed by atoms with E-state index < -0.39 is 10.0 Å². The number of nitrogens with one attached hydrogen (secondary N) is 1. The van der Waals surface area contributed by atoms with Crippen molar-refractivity contribution in [3.63, 3.8) is 0 Å². The normalized spacial score (nSPS) is 18.4. The molecule has 4 aromatic rings. The molecule has 1 unspecified atom stereocenters. The summed E-state index contributed by atoms with van der Waals surface area (Å²) >= 11 is 2.87. The third-order valence-corrected chi connectivity index (χ3v) is 11.5. The molecular formula is C28H32N4O4S3. The van der Waals surface area contributed by atoms with Gasteiger partial charge in [0.05, 0.1) is 29.4 Å². The number of sulfonamides is 1. The molecule has 206 valence electrons. The van der Waals surface area contributed by atoms with E-state index in [0.717, 1.165) is 65.3 Å². The lowest BCUT2D eigenvalue weighted by Crippen LogP contribution is -2.38. The molecule has 1 aromatic carbocycles. The summed E-state index contributed by atoms with van der Waals surface area (Å²) in [5.74, 6) is 0.226. The molecule has 8 nitrogen and oxygen atoms in total. The number of hydrogen-bond acceptors (Lipinski definition) is 8. The number of likely N-dealkylation sites (tertiary alicyclic amines) is 1. The first kappa shape index (κ1) is 26.5. The Hall–Kier alpha value is -2.73. The number of ether oxygens (including phenoxy) is 1. The minimum absolute atomic E-state index is 0.0674. The number of para-hydroxylation sites is 1. The average Bonchev–Trinajstić information content (AvgIpc) is 3.32. The van der Waals surface area contributed by atoms with Crippen molar-refractivity contribution in [3.05, 3.63) is 52.9 Å². The zero-order valence-corrected chi connectivity index (χ0v) is 24.3. The lowest BCUT2D eigenvalue weighted by molar-refractivity contribution is -0.150. The molecule has 4 heterocycles. The number of esters is 1. The predicted molar refractivity (Wildman–Crippen MR) is 156 cm³/mol. The van der Waals surface area contributed by atoms with Gasteiger partial charge in [0, 0.05) is 36.1 Å². The summed E-state index contributed by atoms with van der Waals surface area (Å²) in [5.41, 5.74) is 2.35. The van der Waals surface area contributed by atoms with Gasteiger partial charge in [0.2, 0.25) is 0 Å². The first-order chi connectivity index (χ1) is 18.9. The molecule has 3 aromatic heterocycles. The second-order valence-electron chi connectivity index (χ2n) is 10.3. The lowest BCUT2D eigenvalue weighted by Gasteiger charge is -2.30. The fourth-order valence-corrected chi connectivity index (χ4v) is 8.80. The van der Waals surface area contributed by atoms with Gasteiger partial charge in [-0.2, -0.15) is 0 Å². The third-order valence-electron chi connectivity index (χ3n) is 7.35. The van der Waals surface area contributed by atoms with Crippen molar-refractivity contribution in [2.45, 2.75) is 43.4 Å². The van der Waals surface area contributed by atoms with Gasteiger partial charge in [0.15, 0.2) is 0 Å². The molecule has 2 aliphatic rings. The van der Waals surface area contributed by atoms with Crippen molar-refractivity contribution in [3.8, 4) is 10.7 Å². The van der Waals surface area contributed by atoms with E-state index in [1.54, 1.807) is 33.2 Å². The first-order valence-electron chi connectivity index (χ1n) is 13.4. The van der Waals surface area contributed by atoms with Crippen molar-refractivity contribution in [1.82, 2.24) is 14.9 Å². The summed E-state index contributed by atoms with van der Waals surface area (Å²) in [6, 6.07) is 11.3. The second kappa shape index (κ2) is 11.0. The summed E-state index contributed by atoms with van der Waals surface area (Å²) in [7, 11) is -3.66. The van der Waals surface area contributed by atoms with Crippen LogP contribution in [0.2, 0.25) is 0 Å². The van der Waals surface area contributed by atoms with Crippen LogP contribution in [0.15, 0.2) is 52.2 Å². The number of anilines is 1. The maximum absolute atomic E-state index is 13.7. The SMILES string of the molecule is CCOC(=O)C1CCCN(Cc2cnc(-c3cc4cccc(N(CC5CC5)S(=O)(=O)c5cccs5)c4[nH]3)s2)C1. The molecule has 39 heavy (non-hydrogen) atoms. The number of fused-ring (bicyclic) bond motifs is 1. The molecule has 0 spiro atoms. The van der Waals surface area contributed by atoms with E-state index in [9.17, 15) is 13.2 Å². The highest BCUT2D eigenvalue weighted by Crippen LogP contribution is 2.39. The highest BCUT2D eigenvalue weighted by Gasteiger charge is 2.34. The number of piperidine rings is 1. The molecule has 0 amide bonds. The van der Waals surface area contributed by atoms with Crippen LogP contribution in [0, 0.1) is 11.8 Å². The minimum Gasteiger partial charge on any atom is -0.466 e. The van der Waals surface area contributed by atoms with Crippen LogP contribution in [0.4, 0.5) is 5.69 Å². The molecule has 11 heteroatoms. The zero-order valence-electron chi connectivity index (χ0n) is 21.8. The highest BCUT2D eigenvalue weighted by atomic mass is 32.2. The predicted octanol–water partition coefficient (Wildman–Crippen LogP) is 5.73. The third kappa shape index (κ3) is 5.63. The Morgan fingerprint density at radius 1 is 1.23 bits per heavy atom. The number of thiazole rings is 1. The Bertz CT molecular complexity index is 1560. The number of thiophene rings is 1. The van der Waals surface area contributed by atoms with E-state index in [0.29, 0.717) is 35.5 Å². The maximum atomic E-state index is 13.7. The quantitative estimate of drug-likeness (QED) is 0.239. The molecule has 2 fully saturated rings. The molecule has 1 aliphatic carbocycles. The standard InChI is InChI=1S/C28H32N4O4S3/c1-2-36-28(33)21-7-4-12-31(17-21)18-22-15-29-27(38-22)23-14-20-6-3-8-24(26(20)30-23)32(16-19-10-11-19)39(34,35)25-9-5-13-37-25/h3,5-6,8-9,13-15,19,21,30H,2,4,7,10-12,16-18H2,1H3.